The van der Waals surface area contributed by atoms with Crippen LogP contribution in [0.4, 0.5) is 0 Å². The molecule has 1 N–H and O–H groups in total. The maximum Gasteiger partial charge on any atom is 0.0538 e. The molecule has 0 aromatic carbocycles. The molecular weight excluding hydrogens is 242 g/mol. The number of hydrogen-bond donors (Lipinski definition) is 1. The van der Waals surface area contributed by atoms with E-state index in [2.05, 4.69) is 34.9 Å². The van der Waals surface area contributed by atoms with E-state index in [4.69, 9.17) is 5.10 Å². The van der Waals surface area contributed by atoms with Crippen LogP contribution in [0.3, 0.4) is 0 Å². The first-order chi connectivity index (χ1) is 8.86. The zero-order valence-corrected chi connectivity index (χ0v) is 12.0. The van der Waals surface area contributed by atoms with Gasteiger partial charge in [-0.25, -0.2) is 0 Å². The fourth-order valence-corrected chi connectivity index (χ4v) is 4.33. The van der Waals surface area contributed by atoms with Gasteiger partial charge in [-0.3, -0.25) is 4.68 Å². The van der Waals surface area contributed by atoms with Gasteiger partial charge in [-0.1, -0.05) is 0 Å². The van der Waals surface area contributed by atoms with Crippen LogP contribution in [0.25, 0.3) is 0 Å². The van der Waals surface area contributed by atoms with E-state index in [0.29, 0.717) is 12.0 Å². The van der Waals surface area contributed by atoms with Gasteiger partial charge in [0.2, 0.25) is 0 Å². The summed E-state index contributed by atoms with van der Waals surface area (Å²) in [7, 11) is 0. The number of hydrogen-bond acceptors (Lipinski definition) is 3. The molecule has 0 bridgehead atoms. The van der Waals surface area contributed by atoms with Crippen molar-refractivity contribution in [2.45, 2.75) is 44.6 Å². The van der Waals surface area contributed by atoms with E-state index < -0.39 is 0 Å². The Hall–Kier alpha value is -0.480. The number of piperidine rings is 1. The molecule has 3 heterocycles. The normalized spacial score (nSPS) is 26.4. The van der Waals surface area contributed by atoms with Crippen LogP contribution in [0.15, 0.2) is 6.20 Å². The van der Waals surface area contributed by atoms with E-state index in [9.17, 15) is 0 Å². The van der Waals surface area contributed by atoms with E-state index in [0.717, 1.165) is 6.54 Å². The Kier molecular flexibility index (Phi) is 3.94. The topological polar surface area (TPSA) is 29.9 Å². The molecule has 2 saturated heterocycles. The van der Waals surface area contributed by atoms with Gasteiger partial charge in [0.1, 0.15) is 0 Å². The van der Waals surface area contributed by atoms with Gasteiger partial charge in [0.25, 0.3) is 0 Å². The lowest BCUT2D eigenvalue weighted by atomic mass is 9.92. The third-order valence-electron chi connectivity index (χ3n) is 4.36. The van der Waals surface area contributed by atoms with Crippen LogP contribution in [-0.4, -0.2) is 34.4 Å². The average molecular weight is 265 g/mol. The second kappa shape index (κ2) is 5.66. The summed E-state index contributed by atoms with van der Waals surface area (Å²) in [5.74, 6) is 3.28. The smallest absolute Gasteiger partial charge is 0.0538 e. The highest BCUT2D eigenvalue weighted by Crippen LogP contribution is 2.31. The predicted molar refractivity (Wildman–Crippen MR) is 77.4 cm³/mol. The van der Waals surface area contributed by atoms with Crippen LogP contribution in [0.5, 0.6) is 0 Å². The van der Waals surface area contributed by atoms with Gasteiger partial charge in [0.15, 0.2) is 0 Å². The highest BCUT2D eigenvalue weighted by atomic mass is 32.2. The molecule has 1 atom stereocenters. The molecule has 1 unspecified atom stereocenters. The van der Waals surface area contributed by atoms with Crippen molar-refractivity contribution < 1.29 is 0 Å². The Morgan fingerprint density at radius 3 is 2.89 bits per heavy atom. The van der Waals surface area contributed by atoms with Gasteiger partial charge in [0, 0.05) is 12.2 Å². The molecule has 1 aromatic rings. The van der Waals surface area contributed by atoms with Crippen LogP contribution in [0, 0.1) is 6.92 Å². The van der Waals surface area contributed by atoms with Gasteiger partial charge in [-0.2, -0.15) is 16.9 Å². The molecule has 1 aromatic heterocycles. The molecule has 3 nitrogen and oxygen atoms in total. The quantitative estimate of drug-likeness (QED) is 0.891. The van der Waals surface area contributed by atoms with Crippen molar-refractivity contribution in [2.24, 2.45) is 0 Å². The number of nitrogens with zero attached hydrogens (tertiary/aromatic N) is 2. The van der Waals surface area contributed by atoms with Gasteiger partial charge in [-0.05, 0) is 62.1 Å². The Labute approximate surface area is 114 Å². The first-order valence-electron chi connectivity index (χ1n) is 7.18. The van der Waals surface area contributed by atoms with Crippen molar-refractivity contribution in [3.63, 3.8) is 0 Å². The minimum absolute atomic E-state index is 0.650. The van der Waals surface area contributed by atoms with Crippen LogP contribution >= 0.6 is 11.8 Å². The molecule has 2 fully saturated rings. The summed E-state index contributed by atoms with van der Waals surface area (Å²) in [6, 6.07) is 0.650. The number of aromatic nitrogens is 2. The fraction of sp³-hybridized carbons (Fsp3) is 0.786. The maximum atomic E-state index is 4.69. The zero-order valence-electron chi connectivity index (χ0n) is 11.2. The SMILES string of the molecule is Cc1c(C2CCCNC2)cnn1C1CCSCC1. The molecule has 0 radical (unpaired) electrons. The molecule has 2 aliphatic rings. The summed E-state index contributed by atoms with van der Waals surface area (Å²) in [4.78, 5) is 0. The van der Waals surface area contributed by atoms with E-state index in [1.165, 1.54) is 55.0 Å². The van der Waals surface area contributed by atoms with Crippen LogP contribution in [0.2, 0.25) is 0 Å². The van der Waals surface area contributed by atoms with E-state index in [1.807, 2.05) is 0 Å². The molecule has 0 saturated carbocycles. The van der Waals surface area contributed by atoms with E-state index in [-0.39, 0.29) is 0 Å². The van der Waals surface area contributed by atoms with Crippen LogP contribution < -0.4 is 5.32 Å². The van der Waals surface area contributed by atoms with Crippen molar-refractivity contribution in [1.29, 1.82) is 0 Å². The van der Waals surface area contributed by atoms with Crippen molar-refractivity contribution in [3.05, 3.63) is 17.5 Å². The largest absolute Gasteiger partial charge is 0.316 e. The second-order valence-corrected chi connectivity index (χ2v) is 6.74. The van der Waals surface area contributed by atoms with Crippen molar-refractivity contribution >= 4 is 11.8 Å². The Bertz CT molecular complexity index is 354. The van der Waals surface area contributed by atoms with Crippen molar-refractivity contribution in [3.8, 4) is 0 Å². The van der Waals surface area contributed by atoms with Crippen molar-refractivity contribution in [1.82, 2.24) is 15.1 Å². The Morgan fingerprint density at radius 1 is 1.33 bits per heavy atom. The summed E-state index contributed by atoms with van der Waals surface area (Å²) in [5, 5.41) is 8.20. The standard InChI is InChI=1S/C14H23N3S/c1-11-14(12-3-2-6-15-9-12)10-16-17(11)13-4-7-18-8-5-13/h10,12-13,15H,2-9H2,1H3. The Balaban J connectivity index is 1.78. The molecule has 2 aliphatic heterocycles. The van der Waals surface area contributed by atoms with Gasteiger partial charge >= 0.3 is 0 Å². The molecule has 0 aliphatic carbocycles. The molecule has 3 rings (SSSR count). The zero-order chi connectivity index (χ0) is 12.4. The molecule has 18 heavy (non-hydrogen) atoms. The predicted octanol–water partition coefficient (Wildman–Crippen LogP) is 2.73. The molecule has 0 amide bonds. The lowest BCUT2D eigenvalue weighted by Gasteiger charge is -2.25. The highest BCUT2D eigenvalue weighted by Gasteiger charge is 2.23. The third-order valence-corrected chi connectivity index (χ3v) is 5.40. The second-order valence-electron chi connectivity index (χ2n) is 5.52. The minimum Gasteiger partial charge on any atom is -0.316 e. The summed E-state index contributed by atoms with van der Waals surface area (Å²) in [6.45, 7) is 4.58. The maximum absolute atomic E-state index is 4.69. The molecule has 100 valence electrons. The lowest BCUT2D eigenvalue weighted by Crippen LogP contribution is -2.28. The minimum atomic E-state index is 0.650. The summed E-state index contributed by atoms with van der Waals surface area (Å²) < 4.78 is 2.31. The number of rotatable bonds is 2. The van der Waals surface area contributed by atoms with Crippen LogP contribution in [-0.2, 0) is 0 Å². The summed E-state index contributed by atoms with van der Waals surface area (Å²) >= 11 is 2.08. The van der Waals surface area contributed by atoms with Gasteiger partial charge in [0.05, 0.1) is 12.2 Å². The van der Waals surface area contributed by atoms with E-state index >= 15 is 0 Å². The molecular formula is C14H23N3S. The third kappa shape index (κ3) is 2.45. The monoisotopic (exact) mass is 265 g/mol. The first kappa shape index (κ1) is 12.5. The number of nitrogens with one attached hydrogen (secondary N) is 1. The molecule has 4 heteroatoms. The fourth-order valence-electron chi connectivity index (χ4n) is 3.25. The number of thioether (sulfide) groups is 1. The molecule has 0 spiro atoms. The van der Waals surface area contributed by atoms with Crippen LogP contribution in [0.1, 0.15) is 48.9 Å². The van der Waals surface area contributed by atoms with E-state index in [1.54, 1.807) is 0 Å². The van der Waals surface area contributed by atoms with Gasteiger partial charge < -0.3 is 5.32 Å². The van der Waals surface area contributed by atoms with Gasteiger partial charge in [-0.15, -0.1) is 0 Å². The first-order valence-corrected chi connectivity index (χ1v) is 8.34. The summed E-state index contributed by atoms with van der Waals surface area (Å²) in [5.41, 5.74) is 2.90. The lowest BCUT2D eigenvalue weighted by molar-refractivity contribution is 0.415. The average Bonchev–Trinajstić information content (AvgIpc) is 2.83. The highest BCUT2D eigenvalue weighted by molar-refractivity contribution is 7.99. The Morgan fingerprint density at radius 2 is 2.17 bits per heavy atom. The summed E-state index contributed by atoms with van der Waals surface area (Å²) in [6.07, 6.45) is 7.33. The van der Waals surface area contributed by atoms with Crippen molar-refractivity contribution in [2.75, 3.05) is 24.6 Å².